The van der Waals surface area contributed by atoms with E-state index in [0.717, 1.165) is 49.8 Å². The second-order valence-electron chi connectivity index (χ2n) is 5.00. The molecule has 2 aromatic rings. The lowest BCUT2D eigenvalue weighted by Gasteiger charge is -2.33. The molecular formula is C14H19N3OS2. The summed E-state index contributed by atoms with van der Waals surface area (Å²) in [6.07, 6.45) is 0. The van der Waals surface area contributed by atoms with E-state index in [1.807, 2.05) is 6.07 Å². The Labute approximate surface area is 126 Å². The highest BCUT2D eigenvalue weighted by Crippen LogP contribution is 2.28. The zero-order valence-corrected chi connectivity index (χ0v) is 13.2. The van der Waals surface area contributed by atoms with Crippen LogP contribution in [0.3, 0.4) is 0 Å². The van der Waals surface area contributed by atoms with Gasteiger partial charge in [0.15, 0.2) is 0 Å². The van der Waals surface area contributed by atoms with Crippen molar-refractivity contribution in [2.45, 2.75) is 13.5 Å². The summed E-state index contributed by atoms with van der Waals surface area (Å²) in [4.78, 5) is 22.0. The summed E-state index contributed by atoms with van der Waals surface area (Å²) >= 11 is 3.03. The molecule has 1 fully saturated rings. The number of aromatic amines is 1. The van der Waals surface area contributed by atoms with Crippen LogP contribution in [0.1, 0.15) is 11.8 Å². The molecule has 1 saturated heterocycles. The van der Waals surface area contributed by atoms with Crippen molar-refractivity contribution in [1.29, 1.82) is 0 Å². The van der Waals surface area contributed by atoms with E-state index in [-0.39, 0.29) is 4.87 Å². The highest BCUT2D eigenvalue weighted by atomic mass is 32.1. The molecule has 0 saturated carbocycles. The van der Waals surface area contributed by atoms with Crippen LogP contribution in [0, 0.1) is 0 Å². The van der Waals surface area contributed by atoms with Crippen molar-refractivity contribution in [3.8, 4) is 10.6 Å². The van der Waals surface area contributed by atoms with Crippen molar-refractivity contribution in [1.82, 2.24) is 14.8 Å². The van der Waals surface area contributed by atoms with Crippen molar-refractivity contribution in [3.63, 3.8) is 0 Å². The molecule has 0 bridgehead atoms. The van der Waals surface area contributed by atoms with Gasteiger partial charge in [0.25, 0.3) is 0 Å². The number of thiazole rings is 1. The van der Waals surface area contributed by atoms with Crippen LogP contribution in [-0.2, 0) is 6.54 Å². The van der Waals surface area contributed by atoms with E-state index in [1.165, 1.54) is 16.2 Å². The summed E-state index contributed by atoms with van der Waals surface area (Å²) in [5.74, 6) is 0. The summed E-state index contributed by atoms with van der Waals surface area (Å²) in [6.45, 7) is 8.66. The zero-order chi connectivity index (χ0) is 13.9. The van der Waals surface area contributed by atoms with Gasteiger partial charge in [0.05, 0.1) is 10.6 Å². The van der Waals surface area contributed by atoms with Gasteiger partial charge in [-0.25, -0.2) is 0 Å². The number of thiophene rings is 1. The number of piperazine rings is 1. The maximum Gasteiger partial charge on any atom is 0.305 e. The fraction of sp³-hybridized carbons (Fsp3) is 0.500. The molecule has 0 radical (unpaired) electrons. The number of aromatic nitrogens is 1. The maximum absolute atomic E-state index is 11.7. The van der Waals surface area contributed by atoms with Crippen LogP contribution in [-0.4, -0.2) is 47.5 Å². The average molecular weight is 309 g/mol. The molecular weight excluding hydrogens is 290 g/mol. The first-order chi connectivity index (χ1) is 9.76. The number of rotatable bonds is 4. The highest BCUT2D eigenvalue weighted by molar-refractivity contribution is 7.14. The highest BCUT2D eigenvalue weighted by Gasteiger charge is 2.19. The Kier molecular flexibility index (Phi) is 4.35. The second-order valence-corrected chi connectivity index (χ2v) is 7.02. The van der Waals surface area contributed by atoms with Gasteiger partial charge in [-0.2, -0.15) is 0 Å². The van der Waals surface area contributed by atoms with Gasteiger partial charge >= 0.3 is 4.87 Å². The number of hydrogen-bond acceptors (Lipinski definition) is 5. The van der Waals surface area contributed by atoms with Gasteiger partial charge < -0.3 is 9.88 Å². The van der Waals surface area contributed by atoms with Gasteiger partial charge in [0.1, 0.15) is 0 Å². The van der Waals surface area contributed by atoms with Crippen LogP contribution in [0.15, 0.2) is 22.3 Å². The predicted octanol–water partition coefficient (Wildman–Crippen LogP) is 2.30. The van der Waals surface area contributed by atoms with Crippen LogP contribution >= 0.6 is 22.7 Å². The van der Waals surface area contributed by atoms with Gasteiger partial charge in [-0.05, 0) is 18.0 Å². The molecule has 0 atom stereocenters. The van der Waals surface area contributed by atoms with Crippen LogP contribution in [0.25, 0.3) is 10.6 Å². The molecule has 1 aliphatic rings. The summed E-state index contributed by atoms with van der Waals surface area (Å²) in [5, 5.41) is 2.05. The fourth-order valence-corrected chi connectivity index (χ4v) is 4.26. The Morgan fingerprint density at radius 3 is 2.65 bits per heavy atom. The van der Waals surface area contributed by atoms with E-state index in [0.29, 0.717) is 0 Å². The number of likely N-dealkylation sites (N-methyl/N-ethyl adjacent to an activating group) is 1. The molecule has 0 spiro atoms. The third-order valence-electron chi connectivity index (χ3n) is 3.77. The Balaban J connectivity index is 1.74. The quantitative estimate of drug-likeness (QED) is 0.942. The van der Waals surface area contributed by atoms with Crippen LogP contribution in [0.4, 0.5) is 0 Å². The first-order valence-corrected chi connectivity index (χ1v) is 8.66. The number of hydrogen-bond donors (Lipinski definition) is 1. The molecule has 4 nitrogen and oxygen atoms in total. The molecule has 2 aromatic heterocycles. The molecule has 3 rings (SSSR count). The van der Waals surface area contributed by atoms with Gasteiger partial charge in [0.2, 0.25) is 0 Å². The third kappa shape index (κ3) is 3.03. The first-order valence-electron chi connectivity index (χ1n) is 6.97. The van der Waals surface area contributed by atoms with Gasteiger partial charge in [0, 0.05) is 37.6 Å². The molecule has 1 N–H and O–H groups in total. The van der Waals surface area contributed by atoms with Crippen LogP contribution in [0.2, 0.25) is 0 Å². The summed E-state index contributed by atoms with van der Waals surface area (Å²) in [5.41, 5.74) is 1.02. The largest absolute Gasteiger partial charge is 0.311 e. The first kappa shape index (κ1) is 14.0. The number of nitrogens with one attached hydrogen (secondary N) is 1. The lowest BCUT2D eigenvalue weighted by atomic mass is 10.2. The van der Waals surface area contributed by atoms with Crippen molar-refractivity contribution >= 4 is 22.7 Å². The third-order valence-corrected chi connectivity index (χ3v) is 5.52. The van der Waals surface area contributed by atoms with Crippen molar-refractivity contribution in [2.75, 3.05) is 32.7 Å². The van der Waals surface area contributed by atoms with E-state index >= 15 is 0 Å². The van der Waals surface area contributed by atoms with E-state index in [9.17, 15) is 4.79 Å². The van der Waals surface area contributed by atoms with Crippen molar-refractivity contribution < 1.29 is 0 Å². The van der Waals surface area contributed by atoms with E-state index in [4.69, 9.17) is 0 Å². The topological polar surface area (TPSA) is 39.3 Å². The predicted molar refractivity (Wildman–Crippen MR) is 85.6 cm³/mol. The van der Waals surface area contributed by atoms with Crippen LogP contribution < -0.4 is 4.87 Å². The molecule has 6 heteroatoms. The monoisotopic (exact) mass is 309 g/mol. The Morgan fingerprint density at radius 1 is 1.25 bits per heavy atom. The Hall–Kier alpha value is -0.950. The normalized spacial score (nSPS) is 17.6. The molecule has 0 aromatic carbocycles. The van der Waals surface area contributed by atoms with Gasteiger partial charge in [-0.15, -0.1) is 11.3 Å². The minimum absolute atomic E-state index is 0.0515. The lowest BCUT2D eigenvalue weighted by Crippen LogP contribution is -2.45. The fourth-order valence-electron chi connectivity index (χ4n) is 2.56. The molecule has 108 valence electrons. The Morgan fingerprint density at radius 2 is 2.00 bits per heavy atom. The van der Waals surface area contributed by atoms with Gasteiger partial charge in [-0.1, -0.05) is 24.3 Å². The zero-order valence-electron chi connectivity index (χ0n) is 11.6. The smallest absolute Gasteiger partial charge is 0.305 e. The molecule has 0 aliphatic carbocycles. The minimum Gasteiger partial charge on any atom is -0.311 e. The van der Waals surface area contributed by atoms with Gasteiger partial charge in [-0.3, -0.25) is 9.69 Å². The summed E-state index contributed by atoms with van der Waals surface area (Å²) in [6, 6.07) is 4.10. The molecule has 0 amide bonds. The van der Waals surface area contributed by atoms with E-state index in [2.05, 4.69) is 33.2 Å². The second kappa shape index (κ2) is 6.22. The van der Waals surface area contributed by atoms with Crippen LogP contribution in [0.5, 0.6) is 0 Å². The van der Waals surface area contributed by atoms with Crippen molar-refractivity contribution in [3.05, 3.63) is 32.1 Å². The number of H-pyrrole nitrogens is 1. The van der Waals surface area contributed by atoms with Crippen molar-refractivity contribution in [2.24, 2.45) is 0 Å². The number of nitrogens with zero attached hydrogens (tertiary/aromatic N) is 2. The standard InChI is InChI=1S/C14H19N3OS2/c1-2-16-5-7-17(8-6-16)10-12-13(15-14(18)20-12)11-4-3-9-19-11/h3-4,9H,2,5-8,10H2,1H3,(H,15,18). The lowest BCUT2D eigenvalue weighted by molar-refractivity contribution is 0.133. The molecule has 3 heterocycles. The summed E-state index contributed by atoms with van der Waals surface area (Å²) < 4.78 is 0. The molecule has 1 aliphatic heterocycles. The maximum atomic E-state index is 11.7. The Bertz CT molecular complexity index is 594. The van der Waals surface area contributed by atoms with E-state index < -0.39 is 0 Å². The molecule has 0 unspecified atom stereocenters. The average Bonchev–Trinajstić information content (AvgIpc) is 3.09. The molecule has 20 heavy (non-hydrogen) atoms. The summed E-state index contributed by atoms with van der Waals surface area (Å²) in [7, 11) is 0. The minimum atomic E-state index is 0.0515. The van der Waals surface area contributed by atoms with E-state index in [1.54, 1.807) is 11.3 Å². The SMILES string of the molecule is CCN1CCN(Cc2sc(=O)[nH]c2-c2cccs2)CC1.